The van der Waals surface area contributed by atoms with Gasteiger partial charge in [0.1, 0.15) is 18.7 Å². The second-order valence-corrected chi connectivity index (χ2v) is 7.87. The largest absolute Gasteiger partial charge is 0.480 e. The Balaban J connectivity index is 1.67. The lowest BCUT2D eigenvalue weighted by Crippen LogP contribution is -2.52. The first-order valence-electron chi connectivity index (χ1n) is 10.7. The van der Waals surface area contributed by atoms with Crippen molar-refractivity contribution < 1.29 is 37.4 Å². The SMILES string of the molecule is CC#CCC(NC(=O)OCC1c2ccccc2-c2ccccc21)C(=O)NC(CC(F)(F)F)C(=O)O. The molecule has 0 heterocycles. The molecule has 184 valence electrons. The molecule has 3 rings (SSSR count). The summed E-state index contributed by atoms with van der Waals surface area (Å²) in [6.45, 7) is 1.44. The first-order chi connectivity index (χ1) is 16.6. The van der Waals surface area contributed by atoms with Gasteiger partial charge in [-0.1, -0.05) is 48.5 Å². The molecular formula is C25H23F3N2O5. The van der Waals surface area contributed by atoms with Crippen LogP contribution >= 0.6 is 0 Å². The topological polar surface area (TPSA) is 105 Å². The van der Waals surface area contributed by atoms with Gasteiger partial charge in [0.25, 0.3) is 0 Å². The van der Waals surface area contributed by atoms with Crippen molar-refractivity contribution in [3.63, 3.8) is 0 Å². The van der Waals surface area contributed by atoms with E-state index in [2.05, 4.69) is 17.2 Å². The van der Waals surface area contributed by atoms with Crippen molar-refractivity contribution >= 4 is 18.0 Å². The second-order valence-electron chi connectivity index (χ2n) is 7.87. The normalized spacial score (nSPS) is 13.9. The Bertz CT molecular complexity index is 1120. The third kappa shape index (κ3) is 6.53. The average Bonchev–Trinajstić information content (AvgIpc) is 3.12. The van der Waals surface area contributed by atoms with Gasteiger partial charge >= 0.3 is 18.2 Å². The lowest BCUT2D eigenvalue weighted by molar-refractivity contribution is -0.160. The van der Waals surface area contributed by atoms with Crippen molar-refractivity contribution in [3.05, 3.63) is 59.7 Å². The number of carbonyl (C=O) groups excluding carboxylic acids is 2. The number of hydrogen-bond acceptors (Lipinski definition) is 4. The number of benzene rings is 2. The zero-order valence-corrected chi connectivity index (χ0v) is 18.7. The highest BCUT2D eigenvalue weighted by atomic mass is 19.4. The van der Waals surface area contributed by atoms with E-state index in [4.69, 9.17) is 9.84 Å². The molecule has 2 unspecified atom stereocenters. The number of halogens is 3. The van der Waals surface area contributed by atoms with E-state index >= 15 is 0 Å². The maximum Gasteiger partial charge on any atom is 0.407 e. The number of hydrogen-bond donors (Lipinski definition) is 3. The van der Waals surface area contributed by atoms with E-state index in [1.54, 1.807) is 0 Å². The molecule has 2 aromatic rings. The van der Waals surface area contributed by atoms with Crippen molar-refractivity contribution in [2.75, 3.05) is 6.61 Å². The average molecular weight is 488 g/mol. The second kappa shape index (κ2) is 11.0. The summed E-state index contributed by atoms with van der Waals surface area (Å²) < 4.78 is 43.3. The molecule has 7 nitrogen and oxygen atoms in total. The van der Waals surface area contributed by atoms with Crippen molar-refractivity contribution in [2.24, 2.45) is 0 Å². The number of rotatable bonds is 8. The Morgan fingerprint density at radius 2 is 1.57 bits per heavy atom. The highest BCUT2D eigenvalue weighted by Crippen LogP contribution is 2.44. The van der Waals surface area contributed by atoms with Crippen LogP contribution in [0.2, 0.25) is 0 Å². The summed E-state index contributed by atoms with van der Waals surface area (Å²) in [7, 11) is 0. The molecule has 2 atom stereocenters. The molecular weight excluding hydrogens is 465 g/mol. The minimum atomic E-state index is -4.81. The minimum absolute atomic E-state index is 0.0422. The molecule has 0 aliphatic heterocycles. The van der Waals surface area contributed by atoms with Gasteiger partial charge in [-0.3, -0.25) is 4.79 Å². The van der Waals surface area contributed by atoms with Gasteiger partial charge in [-0.25, -0.2) is 9.59 Å². The van der Waals surface area contributed by atoms with E-state index in [1.807, 2.05) is 53.8 Å². The smallest absolute Gasteiger partial charge is 0.407 e. The van der Waals surface area contributed by atoms with Gasteiger partial charge in [0, 0.05) is 12.3 Å². The van der Waals surface area contributed by atoms with E-state index in [9.17, 15) is 27.6 Å². The molecule has 3 N–H and O–H groups in total. The number of fused-ring (bicyclic) bond motifs is 3. The molecule has 1 aliphatic carbocycles. The van der Waals surface area contributed by atoms with Crippen LogP contribution in [0, 0.1) is 11.8 Å². The maximum absolute atomic E-state index is 12.7. The number of ether oxygens (including phenoxy) is 1. The number of aliphatic carboxylic acids is 1. The summed E-state index contributed by atoms with van der Waals surface area (Å²) >= 11 is 0. The summed E-state index contributed by atoms with van der Waals surface area (Å²) in [4.78, 5) is 36.2. The number of alkyl halides is 3. The predicted molar refractivity (Wildman–Crippen MR) is 120 cm³/mol. The Hall–Kier alpha value is -4.00. The van der Waals surface area contributed by atoms with Crippen LogP contribution in [0.25, 0.3) is 11.1 Å². The van der Waals surface area contributed by atoms with Gasteiger partial charge in [-0.15, -0.1) is 11.8 Å². The fraction of sp³-hybridized carbons (Fsp3) is 0.320. The first-order valence-corrected chi connectivity index (χ1v) is 10.7. The number of carbonyl (C=O) groups is 3. The molecule has 0 radical (unpaired) electrons. The van der Waals surface area contributed by atoms with Gasteiger partial charge in [-0.2, -0.15) is 13.2 Å². The number of carboxylic acids is 1. The molecule has 35 heavy (non-hydrogen) atoms. The Morgan fingerprint density at radius 1 is 1.00 bits per heavy atom. The van der Waals surface area contributed by atoms with Crippen LogP contribution in [0.1, 0.15) is 36.8 Å². The Labute approximate surface area is 199 Å². The fourth-order valence-corrected chi connectivity index (χ4v) is 3.90. The Kier molecular flexibility index (Phi) is 8.02. The van der Waals surface area contributed by atoms with E-state index in [0.717, 1.165) is 22.3 Å². The third-order valence-corrected chi connectivity index (χ3v) is 5.49. The summed E-state index contributed by atoms with van der Waals surface area (Å²) in [6, 6.07) is 11.8. The van der Waals surface area contributed by atoms with Crippen molar-refractivity contribution in [3.8, 4) is 23.0 Å². The number of carboxylic acid groups (broad SMARTS) is 1. The van der Waals surface area contributed by atoms with E-state index < -0.39 is 42.7 Å². The lowest BCUT2D eigenvalue weighted by Gasteiger charge is -2.21. The van der Waals surface area contributed by atoms with Crippen molar-refractivity contribution in [1.29, 1.82) is 0 Å². The van der Waals surface area contributed by atoms with Crippen LogP contribution in [0.15, 0.2) is 48.5 Å². The standard InChI is InChI=1S/C25H23F3N2O5/c1-2-3-12-20(22(31)29-21(23(32)33)13-25(26,27)28)30-24(34)35-14-19-17-10-6-4-8-15(17)16-9-5-7-11-18(16)19/h4-11,19-21H,12-14H2,1H3,(H,29,31)(H,30,34)(H,32,33). The van der Waals surface area contributed by atoms with Crippen LogP contribution in [0.4, 0.5) is 18.0 Å². The monoisotopic (exact) mass is 488 g/mol. The zero-order valence-electron chi connectivity index (χ0n) is 18.7. The molecule has 0 fully saturated rings. The van der Waals surface area contributed by atoms with Gasteiger partial charge in [0.05, 0.1) is 6.42 Å². The van der Waals surface area contributed by atoms with E-state index in [0.29, 0.717) is 0 Å². The number of amides is 2. The quantitative estimate of drug-likeness (QED) is 0.490. The van der Waals surface area contributed by atoms with Crippen LogP contribution in [-0.4, -0.2) is 47.9 Å². The molecule has 0 bridgehead atoms. The number of nitrogens with one attached hydrogen (secondary N) is 2. The molecule has 0 saturated carbocycles. The zero-order chi connectivity index (χ0) is 25.6. The molecule has 2 aromatic carbocycles. The van der Waals surface area contributed by atoms with Gasteiger partial charge < -0.3 is 20.5 Å². The molecule has 0 spiro atoms. The highest BCUT2D eigenvalue weighted by molar-refractivity contribution is 5.89. The first kappa shape index (κ1) is 25.6. The summed E-state index contributed by atoms with van der Waals surface area (Å²) in [5.74, 6) is 1.88. The molecule has 0 aromatic heterocycles. The Morgan fingerprint density at radius 3 is 2.09 bits per heavy atom. The summed E-state index contributed by atoms with van der Waals surface area (Å²) in [5, 5.41) is 13.1. The van der Waals surface area contributed by atoms with E-state index in [-0.39, 0.29) is 18.9 Å². The minimum Gasteiger partial charge on any atom is -0.480 e. The van der Waals surface area contributed by atoms with Gasteiger partial charge in [-0.05, 0) is 29.2 Å². The molecule has 1 aliphatic rings. The van der Waals surface area contributed by atoms with Crippen LogP contribution < -0.4 is 10.6 Å². The molecule has 2 amide bonds. The number of alkyl carbamates (subject to hydrolysis) is 1. The molecule has 0 saturated heterocycles. The summed E-state index contributed by atoms with van der Waals surface area (Å²) in [5.41, 5.74) is 4.00. The predicted octanol–water partition coefficient (Wildman–Crippen LogP) is 3.83. The fourth-order valence-electron chi connectivity index (χ4n) is 3.90. The van der Waals surface area contributed by atoms with E-state index in [1.165, 1.54) is 6.92 Å². The van der Waals surface area contributed by atoms with Crippen LogP contribution in [0.5, 0.6) is 0 Å². The van der Waals surface area contributed by atoms with Crippen molar-refractivity contribution in [1.82, 2.24) is 10.6 Å². The molecule has 10 heteroatoms. The van der Waals surface area contributed by atoms with Gasteiger partial charge in [0.2, 0.25) is 5.91 Å². The highest BCUT2D eigenvalue weighted by Gasteiger charge is 2.37. The van der Waals surface area contributed by atoms with Crippen LogP contribution in [0.3, 0.4) is 0 Å². The lowest BCUT2D eigenvalue weighted by atomic mass is 9.98. The third-order valence-electron chi connectivity index (χ3n) is 5.49. The van der Waals surface area contributed by atoms with Crippen molar-refractivity contribution in [2.45, 2.75) is 43.9 Å². The maximum atomic E-state index is 12.7. The van der Waals surface area contributed by atoms with Gasteiger partial charge in [0.15, 0.2) is 0 Å². The van der Waals surface area contributed by atoms with Crippen LogP contribution in [-0.2, 0) is 14.3 Å². The summed E-state index contributed by atoms with van der Waals surface area (Å²) in [6.07, 6.45) is -7.79.